The Hall–Kier alpha value is -2.79. The molecule has 0 atom stereocenters. The van der Waals surface area contributed by atoms with Crippen LogP contribution in [0.4, 0.5) is 9.18 Å². The van der Waals surface area contributed by atoms with Crippen LogP contribution in [0.25, 0.3) is 5.69 Å². The molecule has 0 radical (unpaired) electrons. The van der Waals surface area contributed by atoms with Gasteiger partial charge >= 0.3 is 11.8 Å². The van der Waals surface area contributed by atoms with E-state index < -0.39 is 17.6 Å². The molecule has 0 aliphatic carbocycles. The van der Waals surface area contributed by atoms with Crippen molar-refractivity contribution in [3.05, 3.63) is 40.6 Å². The third-order valence-electron chi connectivity index (χ3n) is 3.16. The molecule has 11 heteroatoms. The van der Waals surface area contributed by atoms with E-state index in [1.54, 1.807) is 0 Å². The molecule has 2 aromatic rings. The molecule has 0 N–H and O–H groups in total. The van der Waals surface area contributed by atoms with Crippen molar-refractivity contribution in [2.75, 3.05) is 40.5 Å². The van der Waals surface area contributed by atoms with Gasteiger partial charge in [0.25, 0.3) is 0 Å². The maximum absolute atomic E-state index is 13.3. The number of nitrogens with zero attached hydrogens (tertiary/aromatic N) is 5. The van der Waals surface area contributed by atoms with Crippen LogP contribution in [-0.4, -0.2) is 71.5 Å². The largest absolute Gasteiger partial charge is 0.436 e. The van der Waals surface area contributed by atoms with E-state index in [4.69, 9.17) is 14.3 Å². The summed E-state index contributed by atoms with van der Waals surface area (Å²) in [5.41, 5.74) is -0.694. The first-order valence-electron chi connectivity index (χ1n) is 7.33. The van der Waals surface area contributed by atoms with Gasteiger partial charge in [0.05, 0.1) is 18.9 Å². The lowest BCUT2D eigenvalue weighted by Gasteiger charge is -2.19. The summed E-state index contributed by atoms with van der Waals surface area (Å²) in [6, 6.07) is 5.21. The predicted octanol–water partition coefficient (Wildman–Crippen LogP) is -0.288. The first-order chi connectivity index (χ1) is 12.1. The lowest BCUT2D eigenvalue weighted by atomic mass is 10.3. The van der Waals surface area contributed by atoms with Crippen LogP contribution in [0.5, 0.6) is 0 Å². The standard InChI is InChI=1S/C14H18FN5O5/c1-23-8-6-18(7-9-24-2)14(22)25-20-13(21)19(16-17-20)12-5-3-4-11(15)10-12/h3-5,10H,6-9H2,1-2H3. The van der Waals surface area contributed by atoms with Gasteiger partial charge in [0.1, 0.15) is 5.82 Å². The molecule has 0 fully saturated rings. The summed E-state index contributed by atoms with van der Waals surface area (Å²) in [6.07, 6.45) is -0.817. The zero-order valence-electron chi connectivity index (χ0n) is 13.8. The fraction of sp³-hybridized carbons (Fsp3) is 0.429. The molecular weight excluding hydrogens is 337 g/mol. The number of rotatable bonds is 8. The summed E-state index contributed by atoms with van der Waals surface area (Å²) in [4.78, 5) is 31.0. The fourth-order valence-electron chi connectivity index (χ4n) is 1.89. The van der Waals surface area contributed by atoms with Crippen LogP contribution < -0.4 is 10.5 Å². The summed E-state index contributed by atoms with van der Waals surface area (Å²) in [7, 11) is 2.99. The van der Waals surface area contributed by atoms with E-state index in [-0.39, 0.29) is 32.0 Å². The molecule has 0 saturated heterocycles. The molecule has 0 bridgehead atoms. The molecule has 1 aromatic heterocycles. The number of carbonyl (C=O) groups excluding carboxylic acids is 1. The van der Waals surface area contributed by atoms with Crippen molar-refractivity contribution in [2.24, 2.45) is 0 Å². The summed E-state index contributed by atoms with van der Waals surface area (Å²) in [6.45, 7) is 1.05. The second-order valence-electron chi connectivity index (χ2n) is 4.86. The quantitative estimate of drug-likeness (QED) is 0.600. The number of hydrogen-bond donors (Lipinski definition) is 0. The average Bonchev–Trinajstić information content (AvgIpc) is 2.95. The van der Waals surface area contributed by atoms with Gasteiger partial charge in [-0.1, -0.05) is 6.07 Å². The molecule has 0 unspecified atom stereocenters. The van der Waals surface area contributed by atoms with Crippen molar-refractivity contribution in [2.45, 2.75) is 0 Å². The molecule has 0 saturated carbocycles. The minimum absolute atomic E-state index is 0.155. The van der Waals surface area contributed by atoms with E-state index in [2.05, 4.69) is 10.4 Å². The average molecular weight is 355 g/mol. The second kappa shape index (κ2) is 8.89. The van der Waals surface area contributed by atoms with Gasteiger partial charge in [0.15, 0.2) is 0 Å². The van der Waals surface area contributed by atoms with E-state index in [1.165, 1.54) is 37.3 Å². The number of methoxy groups -OCH3 is 2. The summed E-state index contributed by atoms with van der Waals surface area (Å²) >= 11 is 0. The Bertz CT molecular complexity index is 754. The van der Waals surface area contributed by atoms with Crippen LogP contribution in [0.2, 0.25) is 0 Å². The molecular formula is C14H18FN5O5. The number of aromatic nitrogens is 4. The van der Waals surface area contributed by atoms with Crippen LogP contribution in [0.15, 0.2) is 29.1 Å². The highest BCUT2D eigenvalue weighted by Gasteiger charge is 2.19. The normalized spacial score (nSPS) is 10.7. The monoisotopic (exact) mass is 355 g/mol. The Morgan fingerprint density at radius 2 is 1.88 bits per heavy atom. The Balaban J connectivity index is 2.13. The molecule has 0 aliphatic rings. The Morgan fingerprint density at radius 1 is 1.20 bits per heavy atom. The number of benzene rings is 1. The lowest BCUT2D eigenvalue weighted by Crippen LogP contribution is -2.43. The van der Waals surface area contributed by atoms with Crippen molar-refractivity contribution in [1.29, 1.82) is 0 Å². The molecule has 0 aliphatic heterocycles. The van der Waals surface area contributed by atoms with Crippen LogP contribution in [0.1, 0.15) is 0 Å². The lowest BCUT2D eigenvalue weighted by molar-refractivity contribution is 0.0536. The van der Waals surface area contributed by atoms with Gasteiger partial charge in [-0.15, -0.1) is 0 Å². The van der Waals surface area contributed by atoms with Crippen molar-refractivity contribution in [3.63, 3.8) is 0 Å². The van der Waals surface area contributed by atoms with E-state index in [9.17, 15) is 14.0 Å². The molecule has 1 aromatic carbocycles. The van der Waals surface area contributed by atoms with Crippen molar-refractivity contribution < 1.29 is 23.5 Å². The Labute approximate surface area is 142 Å². The molecule has 136 valence electrons. The van der Waals surface area contributed by atoms with Gasteiger partial charge in [0, 0.05) is 27.3 Å². The van der Waals surface area contributed by atoms with Crippen LogP contribution >= 0.6 is 0 Å². The zero-order valence-corrected chi connectivity index (χ0v) is 13.8. The third-order valence-corrected chi connectivity index (χ3v) is 3.16. The number of ether oxygens (including phenoxy) is 2. The number of carbonyl (C=O) groups is 1. The van der Waals surface area contributed by atoms with Crippen molar-refractivity contribution in [1.82, 2.24) is 24.9 Å². The third kappa shape index (κ3) is 4.84. The van der Waals surface area contributed by atoms with Gasteiger partial charge < -0.3 is 14.4 Å². The number of halogens is 1. The fourth-order valence-corrected chi connectivity index (χ4v) is 1.89. The summed E-state index contributed by atoms with van der Waals surface area (Å²) in [5.74, 6) is -0.541. The maximum Gasteiger partial charge on any atom is 0.436 e. The van der Waals surface area contributed by atoms with Gasteiger partial charge in [0.2, 0.25) is 0 Å². The molecule has 1 amide bonds. The highest BCUT2D eigenvalue weighted by Crippen LogP contribution is 2.05. The molecule has 1 heterocycles. The minimum atomic E-state index is -0.850. The van der Waals surface area contributed by atoms with Crippen LogP contribution in [0.3, 0.4) is 0 Å². The zero-order chi connectivity index (χ0) is 18.2. The van der Waals surface area contributed by atoms with Gasteiger partial charge in [-0.05, 0) is 33.5 Å². The Kier molecular flexibility index (Phi) is 6.60. The SMILES string of the molecule is COCCN(CCOC)C(=O)On1nnn(-c2cccc(F)c2)c1=O. The minimum Gasteiger partial charge on any atom is -0.383 e. The first-order valence-corrected chi connectivity index (χ1v) is 7.33. The van der Waals surface area contributed by atoms with Gasteiger partial charge in [-0.25, -0.2) is 14.0 Å². The topological polar surface area (TPSA) is 101 Å². The molecule has 2 rings (SSSR count). The number of tetrazole rings is 1. The highest BCUT2D eigenvalue weighted by atomic mass is 19.1. The summed E-state index contributed by atoms with van der Waals surface area (Å²) < 4.78 is 23.9. The first kappa shape index (κ1) is 18.5. The van der Waals surface area contributed by atoms with E-state index in [0.717, 1.165) is 10.7 Å². The van der Waals surface area contributed by atoms with Gasteiger partial charge in [-0.2, -0.15) is 4.68 Å². The van der Waals surface area contributed by atoms with Crippen molar-refractivity contribution in [3.8, 4) is 5.69 Å². The van der Waals surface area contributed by atoms with E-state index >= 15 is 0 Å². The van der Waals surface area contributed by atoms with E-state index in [1.807, 2.05) is 0 Å². The highest BCUT2D eigenvalue weighted by molar-refractivity contribution is 5.67. The van der Waals surface area contributed by atoms with Crippen molar-refractivity contribution >= 4 is 6.09 Å². The maximum atomic E-state index is 13.3. The molecule has 0 spiro atoms. The molecule has 25 heavy (non-hydrogen) atoms. The molecule has 10 nitrogen and oxygen atoms in total. The van der Waals surface area contributed by atoms with Crippen LogP contribution in [-0.2, 0) is 9.47 Å². The van der Waals surface area contributed by atoms with Crippen LogP contribution in [0, 0.1) is 5.82 Å². The predicted molar refractivity (Wildman–Crippen MR) is 82.9 cm³/mol. The number of hydrogen-bond acceptors (Lipinski definition) is 7. The smallest absolute Gasteiger partial charge is 0.383 e. The van der Waals surface area contributed by atoms with E-state index in [0.29, 0.717) is 4.85 Å². The Morgan fingerprint density at radius 3 is 2.48 bits per heavy atom. The van der Waals surface area contributed by atoms with Gasteiger partial charge in [-0.3, -0.25) is 4.84 Å². The number of amides is 1. The summed E-state index contributed by atoms with van der Waals surface area (Å²) in [5, 5.41) is 7.04. The second-order valence-corrected chi connectivity index (χ2v) is 4.86.